The van der Waals surface area contributed by atoms with Gasteiger partial charge in [-0.2, -0.15) is 0 Å². The third-order valence-corrected chi connectivity index (χ3v) is 3.41. The van der Waals surface area contributed by atoms with Crippen molar-refractivity contribution in [3.63, 3.8) is 0 Å². The molecule has 0 radical (unpaired) electrons. The van der Waals surface area contributed by atoms with E-state index < -0.39 is 17.9 Å². The first-order chi connectivity index (χ1) is 12.2. The zero-order valence-electron chi connectivity index (χ0n) is 15.2. The highest BCUT2D eigenvalue weighted by molar-refractivity contribution is 5.95. The molecule has 0 amide bonds. The first-order valence-corrected chi connectivity index (χ1v) is 8.29. The Morgan fingerprint density at radius 2 is 1.81 bits per heavy atom. The SMILES string of the molecule is C=C(C)C(=O)OCCCOc1cc(C(=O)O)cc(C(=O)OC(C)CC)c1. The van der Waals surface area contributed by atoms with E-state index in [-0.39, 0.29) is 36.2 Å². The van der Waals surface area contributed by atoms with Crippen LogP contribution in [0.4, 0.5) is 0 Å². The lowest BCUT2D eigenvalue weighted by atomic mass is 10.1. The largest absolute Gasteiger partial charge is 0.493 e. The fourth-order valence-electron chi connectivity index (χ4n) is 1.79. The lowest BCUT2D eigenvalue weighted by Crippen LogP contribution is -2.15. The van der Waals surface area contributed by atoms with Gasteiger partial charge in [0.05, 0.1) is 30.4 Å². The number of benzene rings is 1. The maximum atomic E-state index is 12.1. The minimum Gasteiger partial charge on any atom is -0.493 e. The summed E-state index contributed by atoms with van der Waals surface area (Å²) in [7, 11) is 0. The summed E-state index contributed by atoms with van der Waals surface area (Å²) >= 11 is 0. The zero-order valence-corrected chi connectivity index (χ0v) is 15.2. The third kappa shape index (κ3) is 6.96. The summed E-state index contributed by atoms with van der Waals surface area (Å²) in [5.41, 5.74) is 0.339. The monoisotopic (exact) mass is 364 g/mol. The summed E-state index contributed by atoms with van der Waals surface area (Å²) < 4.78 is 15.6. The zero-order chi connectivity index (χ0) is 19.7. The molecule has 26 heavy (non-hydrogen) atoms. The van der Waals surface area contributed by atoms with Crippen LogP contribution in [0.5, 0.6) is 5.75 Å². The molecule has 0 spiro atoms. The van der Waals surface area contributed by atoms with Gasteiger partial charge in [-0.25, -0.2) is 14.4 Å². The van der Waals surface area contributed by atoms with Gasteiger partial charge in [0.15, 0.2) is 0 Å². The van der Waals surface area contributed by atoms with Gasteiger partial charge in [-0.05, 0) is 38.5 Å². The van der Waals surface area contributed by atoms with Crippen molar-refractivity contribution in [3.8, 4) is 5.75 Å². The van der Waals surface area contributed by atoms with E-state index in [2.05, 4.69) is 6.58 Å². The molecule has 1 unspecified atom stereocenters. The number of carboxylic acid groups (broad SMARTS) is 1. The van der Waals surface area contributed by atoms with Gasteiger partial charge in [0, 0.05) is 12.0 Å². The Bertz CT molecular complexity index is 678. The lowest BCUT2D eigenvalue weighted by Gasteiger charge is -2.13. The van der Waals surface area contributed by atoms with Crippen molar-refractivity contribution in [2.75, 3.05) is 13.2 Å². The van der Waals surface area contributed by atoms with Crippen LogP contribution in [0, 0.1) is 0 Å². The van der Waals surface area contributed by atoms with E-state index in [4.69, 9.17) is 14.2 Å². The highest BCUT2D eigenvalue weighted by Gasteiger charge is 2.16. The molecule has 1 aromatic carbocycles. The number of hydrogen-bond donors (Lipinski definition) is 1. The minimum absolute atomic E-state index is 0.0766. The molecule has 7 nitrogen and oxygen atoms in total. The van der Waals surface area contributed by atoms with Gasteiger partial charge in [0.1, 0.15) is 5.75 Å². The van der Waals surface area contributed by atoms with Crippen LogP contribution < -0.4 is 4.74 Å². The van der Waals surface area contributed by atoms with E-state index in [1.54, 1.807) is 13.8 Å². The summed E-state index contributed by atoms with van der Waals surface area (Å²) in [6, 6.07) is 3.99. The van der Waals surface area contributed by atoms with E-state index in [9.17, 15) is 19.5 Å². The molecule has 0 aliphatic rings. The van der Waals surface area contributed by atoms with Crippen LogP contribution in [-0.2, 0) is 14.3 Å². The highest BCUT2D eigenvalue weighted by atomic mass is 16.5. The van der Waals surface area contributed by atoms with Gasteiger partial charge in [0.25, 0.3) is 0 Å². The average molecular weight is 364 g/mol. The molecule has 7 heteroatoms. The predicted octanol–water partition coefficient (Wildman–Crippen LogP) is 3.23. The maximum Gasteiger partial charge on any atom is 0.338 e. The third-order valence-electron chi connectivity index (χ3n) is 3.41. The first-order valence-electron chi connectivity index (χ1n) is 8.29. The molecule has 0 saturated carbocycles. The molecular weight excluding hydrogens is 340 g/mol. The van der Waals surface area contributed by atoms with E-state index in [0.29, 0.717) is 18.4 Å². The Morgan fingerprint density at radius 1 is 1.15 bits per heavy atom. The Kier molecular flexibility index (Phi) is 8.34. The van der Waals surface area contributed by atoms with E-state index >= 15 is 0 Å². The number of hydrogen-bond acceptors (Lipinski definition) is 6. The highest BCUT2D eigenvalue weighted by Crippen LogP contribution is 2.19. The molecule has 0 bridgehead atoms. The molecule has 1 rings (SSSR count). The average Bonchev–Trinajstić information content (AvgIpc) is 2.60. The van der Waals surface area contributed by atoms with Crippen LogP contribution in [0.2, 0.25) is 0 Å². The Hall–Kier alpha value is -2.83. The summed E-state index contributed by atoms with van der Waals surface area (Å²) in [6.07, 6.45) is 0.780. The van der Waals surface area contributed by atoms with Crippen molar-refractivity contribution >= 4 is 17.9 Å². The number of carbonyl (C=O) groups is 3. The molecule has 142 valence electrons. The van der Waals surface area contributed by atoms with Crippen molar-refractivity contribution in [2.45, 2.75) is 39.7 Å². The fraction of sp³-hybridized carbons (Fsp3) is 0.421. The molecular formula is C19H24O7. The number of esters is 2. The molecule has 0 saturated heterocycles. The molecule has 1 atom stereocenters. The maximum absolute atomic E-state index is 12.1. The Labute approximate surface area is 152 Å². The van der Waals surface area contributed by atoms with Crippen LogP contribution in [0.25, 0.3) is 0 Å². The van der Waals surface area contributed by atoms with Gasteiger partial charge in [0.2, 0.25) is 0 Å². The molecule has 1 N–H and O–H groups in total. The molecule has 1 aromatic rings. The topological polar surface area (TPSA) is 99.1 Å². The summed E-state index contributed by atoms with van der Waals surface area (Å²) in [4.78, 5) is 34.6. The van der Waals surface area contributed by atoms with Gasteiger partial charge in [-0.1, -0.05) is 13.5 Å². The number of rotatable bonds is 10. The summed E-state index contributed by atoms with van der Waals surface area (Å²) in [5.74, 6) is -2.04. The number of carboxylic acids is 1. The second kappa shape index (κ2) is 10.2. The van der Waals surface area contributed by atoms with Gasteiger partial charge >= 0.3 is 17.9 Å². The summed E-state index contributed by atoms with van der Waals surface area (Å²) in [6.45, 7) is 8.99. The standard InChI is InChI=1S/C19H24O7/c1-5-13(4)26-19(23)15-9-14(17(20)21)10-16(11-15)24-7-6-8-25-18(22)12(2)3/h9-11,13H,2,5-8H2,1,3-4H3,(H,20,21). The smallest absolute Gasteiger partial charge is 0.338 e. The van der Waals surface area contributed by atoms with Gasteiger partial charge < -0.3 is 19.3 Å². The minimum atomic E-state index is -1.18. The van der Waals surface area contributed by atoms with Crippen molar-refractivity contribution in [3.05, 3.63) is 41.5 Å². The quantitative estimate of drug-likeness (QED) is 0.386. The molecule has 0 aliphatic carbocycles. The predicted molar refractivity (Wildman–Crippen MR) is 94.5 cm³/mol. The van der Waals surface area contributed by atoms with Crippen LogP contribution in [0.15, 0.2) is 30.4 Å². The van der Waals surface area contributed by atoms with E-state index in [0.717, 1.165) is 0 Å². The molecule has 0 aromatic heterocycles. The van der Waals surface area contributed by atoms with Crippen molar-refractivity contribution in [1.29, 1.82) is 0 Å². The molecule has 0 heterocycles. The first kappa shape index (κ1) is 21.2. The van der Waals surface area contributed by atoms with Crippen molar-refractivity contribution in [1.82, 2.24) is 0 Å². The second-order valence-corrected chi connectivity index (χ2v) is 5.79. The van der Waals surface area contributed by atoms with E-state index in [1.807, 2.05) is 6.92 Å². The summed E-state index contributed by atoms with van der Waals surface area (Å²) in [5, 5.41) is 9.19. The van der Waals surface area contributed by atoms with Crippen LogP contribution in [0.1, 0.15) is 54.3 Å². The fourth-order valence-corrected chi connectivity index (χ4v) is 1.79. The van der Waals surface area contributed by atoms with Crippen molar-refractivity contribution in [2.24, 2.45) is 0 Å². The molecule has 0 fully saturated rings. The van der Waals surface area contributed by atoms with Crippen LogP contribution >= 0.6 is 0 Å². The Balaban J connectivity index is 2.72. The number of aromatic carboxylic acids is 1. The molecule has 0 aliphatic heterocycles. The second-order valence-electron chi connectivity index (χ2n) is 5.79. The number of carbonyl (C=O) groups excluding carboxylic acids is 2. The normalized spacial score (nSPS) is 11.3. The van der Waals surface area contributed by atoms with Gasteiger partial charge in [-0.3, -0.25) is 0 Å². The van der Waals surface area contributed by atoms with Crippen molar-refractivity contribution < 1.29 is 33.7 Å². The van der Waals surface area contributed by atoms with E-state index in [1.165, 1.54) is 18.2 Å². The Morgan fingerprint density at radius 3 is 2.38 bits per heavy atom. The van der Waals surface area contributed by atoms with Crippen LogP contribution in [-0.4, -0.2) is 42.3 Å². The van der Waals surface area contributed by atoms with Gasteiger partial charge in [-0.15, -0.1) is 0 Å². The van der Waals surface area contributed by atoms with Crippen LogP contribution in [0.3, 0.4) is 0 Å². The number of ether oxygens (including phenoxy) is 3. The lowest BCUT2D eigenvalue weighted by molar-refractivity contribution is -0.139.